The van der Waals surface area contributed by atoms with Gasteiger partial charge in [0.25, 0.3) is 5.91 Å². The molecule has 1 saturated heterocycles. The summed E-state index contributed by atoms with van der Waals surface area (Å²) in [6.45, 7) is 11.9. The minimum Gasteiger partial charge on any atom is -0.366 e. The molecule has 2 aromatic heterocycles. The Morgan fingerprint density at radius 1 is 1.25 bits per heavy atom. The third-order valence-electron chi connectivity index (χ3n) is 5.96. The van der Waals surface area contributed by atoms with Gasteiger partial charge in [-0.15, -0.1) is 0 Å². The molecule has 1 aliphatic rings. The summed E-state index contributed by atoms with van der Waals surface area (Å²) in [7, 11) is 0. The van der Waals surface area contributed by atoms with E-state index in [9.17, 15) is 4.79 Å². The van der Waals surface area contributed by atoms with E-state index in [1.54, 1.807) is 6.20 Å². The van der Waals surface area contributed by atoms with E-state index in [0.717, 1.165) is 40.0 Å². The molecule has 0 N–H and O–H groups in total. The zero-order valence-electron chi connectivity index (χ0n) is 19.4. The van der Waals surface area contributed by atoms with Crippen molar-refractivity contribution in [2.24, 2.45) is 5.92 Å². The Balaban J connectivity index is 1.51. The van der Waals surface area contributed by atoms with Gasteiger partial charge in [-0.1, -0.05) is 43.3 Å². The number of carbonyl (C=O) groups excluding carboxylic acids is 1. The standard InChI is InChI=1S/C25H32N4O3/c1-17(2)13-29(14-21-8-5-7-20-9-6-10-26-24(20)21)25(30)23-16-28(11-12-31-23)15-22-18(3)27-32-19(22)4/h5-10,17,23H,11-16H2,1-4H3/t23-/m1/s1. The Kier molecular flexibility index (Phi) is 6.86. The molecule has 32 heavy (non-hydrogen) atoms. The summed E-state index contributed by atoms with van der Waals surface area (Å²) in [5, 5.41) is 5.14. The SMILES string of the molecule is Cc1noc(C)c1CN1CCO[C@@H](C(=O)N(Cc2cccc3cccnc23)CC(C)C)C1. The number of nitrogens with zero attached hydrogens (tertiary/aromatic N) is 4. The van der Waals surface area contributed by atoms with Gasteiger partial charge in [0.15, 0.2) is 0 Å². The Labute approximate surface area is 189 Å². The minimum atomic E-state index is -0.481. The molecule has 7 nitrogen and oxygen atoms in total. The van der Waals surface area contributed by atoms with Crippen LogP contribution < -0.4 is 0 Å². The van der Waals surface area contributed by atoms with E-state index in [2.05, 4.69) is 47.1 Å². The van der Waals surface area contributed by atoms with Crippen molar-refractivity contribution in [3.05, 3.63) is 59.1 Å². The first kappa shape index (κ1) is 22.4. The van der Waals surface area contributed by atoms with Crippen LogP contribution in [0.2, 0.25) is 0 Å². The van der Waals surface area contributed by atoms with Gasteiger partial charge in [0.2, 0.25) is 0 Å². The zero-order chi connectivity index (χ0) is 22.7. The van der Waals surface area contributed by atoms with E-state index in [4.69, 9.17) is 9.26 Å². The fraction of sp³-hybridized carbons (Fsp3) is 0.480. The highest BCUT2D eigenvalue weighted by Gasteiger charge is 2.31. The molecule has 0 bridgehead atoms. The predicted octanol–water partition coefficient (Wildman–Crippen LogP) is 3.73. The third-order valence-corrected chi connectivity index (χ3v) is 5.96. The predicted molar refractivity (Wildman–Crippen MR) is 123 cm³/mol. The smallest absolute Gasteiger partial charge is 0.253 e. The molecular formula is C25H32N4O3. The molecule has 0 aliphatic carbocycles. The summed E-state index contributed by atoms with van der Waals surface area (Å²) in [5.41, 5.74) is 4.00. The van der Waals surface area contributed by atoms with Gasteiger partial charge in [-0.25, -0.2) is 0 Å². The lowest BCUT2D eigenvalue weighted by Gasteiger charge is -2.35. The van der Waals surface area contributed by atoms with Crippen LogP contribution in [-0.2, 0) is 22.6 Å². The van der Waals surface area contributed by atoms with Crippen molar-refractivity contribution in [1.82, 2.24) is 19.9 Å². The van der Waals surface area contributed by atoms with Gasteiger partial charge in [-0.2, -0.15) is 0 Å². The number of fused-ring (bicyclic) bond motifs is 1. The molecule has 1 fully saturated rings. The number of aryl methyl sites for hydroxylation is 2. The van der Waals surface area contributed by atoms with Crippen LogP contribution in [-0.4, -0.2) is 58.2 Å². The molecule has 0 spiro atoms. The van der Waals surface area contributed by atoms with Gasteiger partial charge in [-0.3, -0.25) is 14.7 Å². The lowest BCUT2D eigenvalue weighted by molar-refractivity contribution is -0.151. The fourth-order valence-corrected chi connectivity index (χ4v) is 4.32. The van der Waals surface area contributed by atoms with E-state index in [0.29, 0.717) is 38.7 Å². The number of benzene rings is 1. The number of amides is 1. The Morgan fingerprint density at radius 2 is 2.06 bits per heavy atom. The molecule has 1 aromatic carbocycles. The Morgan fingerprint density at radius 3 is 2.81 bits per heavy atom. The summed E-state index contributed by atoms with van der Waals surface area (Å²) in [6.07, 6.45) is 1.32. The molecule has 3 heterocycles. The van der Waals surface area contributed by atoms with Crippen molar-refractivity contribution in [2.75, 3.05) is 26.2 Å². The van der Waals surface area contributed by atoms with Crippen LogP contribution in [0.5, 0.6) is 0 Å². The summed E-state index contributed by atoms with van der Waals surface area (Å²) in [6, 6.07) is 10.1. The van der Waals surface area contributed by atoms with Crippen molar-refractivity contribution in [3.63, 3.8) is 0 Å². The second-order valence-corrected chi connectivity index (χ2v) is 9.00. The molecule has 0 saturated carbocycles. The minimum absolute atomic E-state index is 0.0371. The third kappa shape index (κ3) is 5.00. The lowest BCUT2D eigenvalue weighted by Crippen LogP contribution is -2.51. The topological polar surface area (TPSA) is 71.7 Å². The quantitative estimate of drug-likeness (QED) is 0.562. The average Bonchev–Trinajstić information content (AvgIpc) is 3.10. The zero-order valence-corrected chi connectivity index (χ0v) is 19.4. The summed E-state index contributed by atoms with van der Waals surface area (Å²) in [4.78, 5) is 22.3. The van der Waals surface area contributed by atoms with Crippen LogP contribution in [0.1, 0.15) is 36.4 Å². The van der Waals surface area contributed by atoms with Gasteiger partial charge in [0, 0.05) is 49.9 Å². The van der Waals surface area contributed by atoms with Crippen molar-refractivity contribution in [3.8, 4) is 0 Å². The van der Waals surface area contributed by atoms with Crippen molar-refractivity contribution in [1.29, 1.82) is 0 Å². The van der Waals surface area contributed by atoms with E-state index in [-0.39, 0.29) is 5.91 Å². The second-order valence-electron chi connectivity index (χ2n) is 9.00. The molecule has 0 radical (unpaired) electrons. The van der Waals surface area contributed by atoms with Crippen molar-refractivity contribution in [2.45, 2.75) is 46.9 Å². The van der Waals surface area contributed by atoms with E-state index in [1.807, 2.05) is 30.9 Å². The molecule has 3 aromatic rings. The highest BCUT2D eigenvalue weighted by atomic mass is 16.5. The lowest BCUT2D eigenvalue weighted by atomic mass is 10.1. The number of hydrogen-bond donors (Lipinski definition) is 0. The molecule has 1 aliphatic heterocycles. The number of pyridine rings is 1. The first-order valence-corrected chi connectivity index (χ1v) is 11.3. The van der Waals surface area contributed by atoms with Crippen LogP contribution in [0.3, 0.4) is 0 Å². The summed E-state index contributed by atoms with van der Waals surface area (Å²) in [5.74, 6) is 1.22. The molecular weight excluding hydrogens is 404 g/mol. The van der Waals surface area contributed by atoms with Crippen LogP contribution in [0.25, 0.3) is 10.9 Å². The molecule has 0 unspecified atom stereocenters. The van der Waals surface area contributed by atoms with Crippen molar-refractivity contribution < 1.29 is 14.1 Å². The molecule has 1 amide bonds. The van der Waals surface area contributed by atoms with Gasteiger partial charge in [0.05, 0.1) is 17.8 Å². The second kappa shape index (κ2) is 9.79. The average molecular weight is 437 g/mol. The normalized spacial score (nSPS) is 17.2. The first-order chi connectivity index (χ1) is 15.4. The van der Waals surface area contributed by atoms with Crippen LogP contribution >= 0.6 is 0 Å². The maximum absolute atomic E-state index is 13.6. The van der Waals surface area contributed by atoms with Gasteiger partial charge in [-0.05, 0) is 31.4 Å². The first-order valence-electron chi connectivity index (χ1n) is 11.3. The van der Waals surface area contributed by atoms with E-state index >= 15 is 0 Å². The van der Waals surface area contributed by atoms with Crippen LogP contribution in [0, 0.1) is 19.8 Å². The van der Waals surface area contributed by atoms with Crippen LogP contribution in [0.15, 0.2) is 41.1 Å². The van der Waals surface area contributed by atoms with Gasteiger partial charge in [0.1, 0.15) is 11.9 Å². The largest absolute Gasteiger partial charge is 0.366 e. The van der Waals surface area contributed by atoms with Gasteiger partial charge < -0.3 is 14.2 Å². The highest BCUT2D eigenvalue weighted by Crippen LogP contribution is 2.21. The monoisotopic (exact) mass is 436 g/mol. The Bertz CT molecular complexity index is 1050. The van der Waals surface area contributed by atoms with Crippen LogP contribution in [0.4, 0.5) is 0 Å². The summed E-state index contributed by atoms with van der Waals surface area (Å²) >= 11 is 0. The van der Waals surface area contributed by atoms with E-state index in [1.165, 1.54) is 0 Å². The number of carbonyl (C=O) groups is 1. The number of morpholine rings is 1. The number of aromatic nitrogens is 2. The molecule has 7 heteroatoms. The Hall–Kier alpha value is -2.77. The maximum Gasteiger partial charge on any atom is 0.253 e. The number of ether oxygens (including phenoxy) is 1. The summed E-state index contributed by atoms with van der Waals surface area (Å²) < 4.78 is 11.3. The molecule has 170 valence electrons. The highest BCUT2D eigenvalue weighted by molar-refractivity contribution is 5.84. The number of hydrogen-bond acceptors (Lipinski definition) is 6. The fourth-order valence-electron chi connectivity index (χ4n) is 4.32. The number of rotatable bonds is 7. The van der Waals surface area contributed by atoms with E-state index < -0.39 is 6.10 Å². The number of para-hydroxylation sites is 1. The van der Waals surface area contributed by atoms with Crippen molar-refractivity contribution >= 4 is 16.8 Å². The maximum atomic E-state index is 13.6. The molecule has 4 rings (SSSR count). The van der Waals surface area contributed by atoms with Gasteiger partial charge >= 0.3 is 0 Å². The molecule has 1 atom stereocenters.